The second-order valence-corrected chi connectivity index (χ2v) is 8.51. The number of benzene rings is 1. The molecule has 0 unspecified atom stereocenters. The summed E-state index contributed by atoms with van der Waals surface area (Å²) in [5.41, 5.74) is 2.84. The molecule has 1 aliphatic rings. The first-order valence-electron chi connectivity index (χ1n) is 11.5. The Kier molecular flexibility index (Phi) is 7.59. The van der Waals surface area contributed by atoms with Crippen molar-refractivity contribution in [3.8, 4) is 5.75 Å². The lowest BCUT2D eigenvalue weighted by atomic mass is 10.1. The zero-order valence-corrected chi connectivity index (χ0v) is 19.2. The van der Waals surface area contributed by atoms with Gasteiger partial charge in [0.05, 0.1) is 24.8 Å². The third-order valence-corrected chi connectivity index (χ3v) is 5.99. The lowest BCUT2D eigenvalue weighted by molar-refractivity contribution is -0.142. The fourth-order valence-corrected chi connectivity index (χ4v) is 4.14. The zero-order chi connectivity index (χ0) is 23.2. The van der Waals surface area contributed by atoms with Crippen molar-refractivity contribution in [3.63, 3.8) is 0 Å². The van der Waals surface area contributed by atoms with Crippen molar-refractivity contribution in [1.82, 2.24) is 20.2 Å². The van der Waals surface area contributed by atoms with Crippen LogP contribution in [-0.2, 0) is 16.0 Å². The Morgan fingerprint density at radius 3 is 2.85 bits per heavy atom. The molecule has 0 radical (unpaired) electrons. The molecule has 3 N–H and O–H groups in total. The summed E-state index contributed by atoms with van der Waals surface area (Å²) >= 11 is 0. The number of nitrogens with one attached hydrogen (secondary N) is 2. The van der Waals surface area contributed by atoms with Gasteiger partial charge in [-0.25, -0.2) is 0 Å². The molecule has 33 heavy (non-hydrogen) atoms. The van der Waals surface area contributed by atoms with Gasteiger partial charge in [-0.2, -0.15) is 0 Å². The first-order chi connectivity index (χ1) is 16.0. The molecule has 4 rings (SSSR count). The number of ether oxygens (including phenoxy) is 2. The number of hydrogen-bond donors (Lipinski definition) is 3. The molecule has 0 bridgehead atoms. The van der Waals surface area contributed by atoms with Crippen LogP contribution in [0.4, 0.5) is 0 Å². The molecular formula is C25H32N4O4. The van der Waals surface area contributed by atoms with E-state index >= 15 is 0 Å². The topological polar surface area (TPSA) is 99.7 Å². The Labute approximate surface area is 193 Å². The van der Waals surface area contributed by atoms with Gasteiger partial charge in [0.15, 0.2) is 6.10 Å². The van der Waals surface area contributed by atoms with Crippen LogP contribution in [0, 0.1) is 0 Å². The average Bonchev–Trinajstić information content (AvgIpc) is 3.26. The number of aromatic amines is 1. The van der Waals surface area contributed by atoms with Crippen LogP contribution in [0.1, 0.15) is 31.1 Å². The molecule has 1 saturated heterocycles. The number of carbonyl (C=O) groups excluding carboxylic acids is 1. The molecule has 8 heteroatoms. The van der Waals surface area contributed by atoms with Crippen LogP contribution in [-0.4, -0.2) is 70.9 Å². The first-order valence-corrected chi connectivity index (χ1v) is 11.5. The third-order valence-electron chi connectivity index (χ3n) is 5.99. The van der Waals surface area contributed by atoms with Crippen LogP contribution in [0.5, 0.6) is 5.75 Å². The number of aliphatic hydroxyl groups excluding tert-OH is 1. The predicted molar refractivity (Wildman–Crippen MR) is 126 cm³/mol. The number of aliphatic hydroxyl groups is 1. The SMILES string of the molecule is C[C@H](Cc1c[nH]c2c(O[C@@H](C)C(=O)N3CCOCC3)cccc12)NC[C@H](O)c1cccnc1. The summed E-state index contributed by atoms with van der Waals surface area (Å²) in [5, 5.41) is 14.8. The number of carbonyl (C=O) groups is 1. The lowest BCUT2D eigenvalue weighted by Gasteiger charge is -2.29. The quantitative estimate of drug-likeness (QED) is 0.461. The van der Waals surface area contributed by atoms with Crippen molar-refractivity contribution < 1.29 is 19.4 Å². The molecular weight excluding hydrogens is 420 g/mol. The van der Waals surface area contributed by atoms with E-state index in [0.29, 0.717) is 38.6 Å². The molecule has 176 valence electrons. The van der Waals surface area contributed by atoms with Crippen LogP contribution in [0.25, 0.3) is 10.9 Å². The highest BCUT2D eigenvalue weighted by molar-refractivity contribution is 5.89. The van der Waals surface area contributed by atoms with Gasteiger partial charge in [-0.3, -0.25) is 9.78 Å². The van der Waals surface area contributed by atoms with Gasteiger partial charge >= 0.3 is 0 Å². The number of amides is 1. The molecule has 1 fully saturated rings. The summed E-state index contributed by atoms with van der Waals surface area (Å²) in [7, 11) is 0. The molecule has 3 heterocycles. The predicted octanol–water partition coefficient (Wildman–Crippen LogP) is 2.44. The van der Waals surface area contributed by atoms with Gasteiger partial charge in [-0.15, -0.1) is 0 Å². The van der Waals surface area contributed by atoms with Crippen LogP contribution in [0.15, 0.2) is 48.9 Å². The number of pyridine rings is 1. The lowest BCUT2D eigenvalue weighted by Crippen LogP contribution is -2.46. The minimum Gasteiger partial charge on any atom is -0.479 e. The van der Waals surface area contributed by atoms with Gasteiger partial charge in [-0.05, 0) is 38.0 Å². The zero-order valence-electron chi connectivity index (χ0n) is 19.2. The first kappa shape index (κ1) is 23.2. The number of H-pyrrole nitrogens is 1. The third kappa shape index (κ3) is 5.71. The monoisotopic (exact) mass is 452 g/mol. The molecule has 8 nitrogen and oxygen atoms in total. The number of morpholine rings is 1. The Hall–Kier alpha value is -2.94. The smallest absolute Gasteiger partial charge is 0.263 e. The highest BCUT2D eigenvalue weighted by atomic mass is 16.5. The number of aromatic nitrogens is 2. The molecule has 2 aromatic heterocycles. The van der Waals surface area contributed by atoms with Gasteiger partial charge < -0.3 is 29.8 Å². The molecule has 0 spiro atoms. The van der Waals surface area contributed by atoms with E-state index in [1.807, 2.05) is 30.5 Å². The highest BCUT2D eigenvalue weighted by Gasteiger charge is 2.24. The number of nitrogens with zero attached hydrogens (tertiary/aromatic N) is 2. The molecule has 1 amide bonds. The van der Waals surface area contributed by atoms with Crippen molar-refractivity contribution in [2.75, 3.05) is 32.8 Å². The molecule has 1 aliphatic heterocycles. The van der Waals surface area contributed by atoms with Crippen molar-refractivity contribution in [2.45, 2.75) is 38.5 Å². The van der Waals surface area contributed by atoms with Gasteiger partial charge in [-0.1, -0.05) is 18.2 Å². The Bertz CT molecular complexity index is 1050. The number of hydrogen-bond acceptors (Lipinski definition) is 6. The van der Waals surface area contributed by atoms with Gasteiger partial charge in [0.2, 0.25) is 0 Å². The summed E-state index contributed by atoms with van der Waals surface area (Å²) in [4.78, 5) is 21.9. The molecule has 1 aromatic carbocycles. The summed E-state index contributed by atoms with van der Waals surface area (Å²) in [5.74, 6) is 0.646. The summed E-state index contributed by atoms with van der Waals surface area (Å²) in [6.07, 6.45) is 4.97. The van der Waals surface area contributed by atoms with Gasteiger partial charge in [0.1, 0.15) is 5.75 Å². The van der Waals surface area contributed by atoms with E-state index in [9.17, 15) is 9.90 Å². The molecule has 3 aromatic rings. The Morgan fingerprint density at radius 2 is 2.09 bits per heavy atom. The molecule has 0 aliphatic carbocycles. The van der Waals surface area contributed by atoms with Crippen LogP contribution >= 0.6 is 0 Å². The van der Waals surface area contributed by atoms with E-state index in [1.165, 1.54) is 0 Å². The van der Waals surface area contributed by atoms with Gasteiger partial charge in [0.25, 0.3) is 5.91 Å². The van der Waals surface area contributed by atoms with Crippen LogP contribution in [0.2, 0.25) is 0 Å². The number of fused-ring (bicyclic) bond motifs is 1. The minimum atomic E-state index is -0.602. The average molecular weight is 453 g/mol. The molecule has 0 saturated carbocycles. The van der Waals surface area contributed by atoms with E-state index in [1.54, 1.807) is 24.2 Å². The van der Waals surface area contributed by atoms with Gasteiger partial charge in [0, 0.05) is 55.2 Å². The maximum absolute atomic E-state index is 12.7. The van der Waals surface area contributed by atoms with E-state index in [2.05, 4.69) is 28.3 Å². The Morgan fingerprint density at radius 1 is 1.27 bits per heavy atom. The van der Waals surface area contributed by atoms with Crippen LogP contribution in [0.3, 0.4) is 0 Å². The maximum Gasteiger partial charge on any atom is 0.263 e. The molecule has 3 atom stereocenters. The largest absolute Gasteiger partial charge is 0.479 e. The van der Waals surface area contributed by atoms with E-state index < -0.39 is 12.2 Å². The van der Waals surface area contributed by atoms with E-state index in [-0.39, 0.29) is 11.9 Å². The minimum absolute atomic E-state index is 0.0212. The van der Waals surface area contributed by atoms with Crippen molar-refractivity contribution in [2.24, 2.45) is 0 Å². The number of para-hydroxylation sites is 1. The summed E-state index contributed by atoms with van der Waals surface area (Å²) in [6, 6.07) is 9.74. The fourth-order valence-electron chi connectivity index (χ4n) is 4.14. The summed E-state index contributed by atoms with van der Waals surface area (Å²) < 4.78 is 11.4. The van der Waals surface area contributed by atoms with Crippen molar-refractivity contribution in [1.29, 1.82) is 0 Å². The fraction of sp³-hybridized carbons (Fsp3) is 0.440. The van der Waals surface area contributed by atoms with Crippen LogP contribution < -0.4 is 10.1 Å². The van der Waals surface area contributed by atoms with Crippen molar-refractivity contribution in [3.05, 3.63) is 60.0 Å². The Balaban J connectivity index is 1.37. The van der Waals surface area contributed by atoms with E-state index in [0.717, 1.165) is 28.5 Å². The second kappa shape index (κ2) is 10.8. The van der Waals surface area contributed by atoms with E-state index in [4.69, 9.17) is 9.47 Å². The standard InChI is InChI=1S/C25H32N4O4/c1-17(27-16-22(30)19-5-4-8-26-14-19)13-20-15-28-24-21(20)6-3-7-23(24)33-18(2)25(31)29-9-11-32-12-10-29/h3-8,14-15,17-18,22,27-28,30H,9-13,16H2,1-2H3/t17-,18+,22+/m1/s1. The normalized spacial score (nSPS) is 17.0. The summed E-state index contributed by atoms with van der Waals surface area (Å²) in [6.45, 7) is 6.68. The van der Waals surface area contributed by atoms with Crippen molar-refractivity contribution >= 4 is 16.8 Å². The second-order valence-electron chi connectivity index (χ2n) is 8.51. The highest BCUT2D eigenvalue weighted by Crippen LogP contribution is 2.29. The number of rotatable bonds is 9. The maximum atomic E-state index is 12.7.